The van der Waals surface area contributed by atoms with Crippen LogP contribution in [0.1, 0.15) is 12.0 Å². The maximum Gasteiger partial charge on any atom is 0.231 e. The van der Waals surface area contributed by atoms with Gasteiger partial charge in [0.1, 0.15) is 0 Å². The third-order valence-corrected chi connectivity index (χ3v) is 6.26. The summed E-state index contributed by atoms with van der Waals surface area (Å²) in [6.45, 7) is 1.29. The van der Waals surface area contributed by atoms with Crippen molar-refractivity contribution in [3.63, 3.8) is 0 Å². The number of carbonyl (C=O) groups is 2. The number of rotatable bonds is 6. The largest absolute Gasteiger partial charge is 0.454 e. The number of anilines is 1. The minimum atomic E-state index is -0.360. The van der Waals surface area contributed by atoms with Crippen LogP contribution in [0.25, 0.3) is 11.3 Å². The Labute approximate surface area is 183 Å². The molecule has 158 valence electrons. The van der Waals surface area contributed by atoms with E-state index < -0.39 is 0 Å². The number of hydrogen-bond acceptors (Lipinski definition) is 6. The first kappa shape index (κ1) is 19.6. The van der Waals surface area contributed by atoms with Gasteiger partial charge in [-0.2, -0.15) is 0 Å². The van der Waals surface area contributed by atoms with Crippen molar-refractivity contribution in [1.82, 2.24) is 9.88 Å². The molecule has 7 nitrogen and oxygen atoms in total. The van der Waals surface area contributed by atoms with Gasteiger partial charge in [-0.15, -0.1) is 11.3 Å². The molecule has 1 atom stereocenters. The van der Waals surface area contributed by atoms with Crippen molar-refractivity contribution in [2.45, 2.75) is 12.8 Å². The number of fused-ring (bicyclic) bond motifs is 1. The molecular weight excluding hydrogens is 414 g/mol. The van der Waals surface area contributed by atoms with Crippen LogP contribution in [-0.4, -0.2) is 41.6 Å². The third kappa shape index (κ3) is 4.25. The first-order chi connectivity index (χ1) is 15.2. The normalized spacial score (nSPS) is 17.2. The Kier molecular flexibility index (Phi) is 5.30. The first-order valence-electron chi connectivity index (χ1n) is 10.1. The summed E-state index contributed by atoms with van der Waals surface area (Å²) in [5.74, 6) is 0.908. The van der Waals surface area contributed by atoms with Gasteiger partial charge in [-0.25, -0.2) is 4.98 Å². The number of aromatic nitrogens is 1. The van der Waals surface area contributed by atoms with E-state index in [1.165, 1.54) is 16.9 Å². The van der Waals surface area contributed by atoms with Crippen LogP contribution in [0.4, 0.5) is 5.13 Å². The van der Waals surface area contributed by atoms with Crippen LogP contribution in [0.3, 0.4) is 0 Å². The fraction of sp³-hybridized carbons (Fsp3) is 0.261. The summed E-state index contributed by atoms with van der Waals surface area (Å²) in [4.78, 5) is 31.4. The van der Waals surface area contributed by atoms with Gasteiger partial charge in [0.2, 0.25) is 18.6 Å². The fourth-order valence-corrected chi connectivity index (χ4v) is 4.52. The van der Waals surface area contributed by atoms with Crippen molar-refractivity contribution in [3.05, 3.63) is 59.5 Å². The van der Waals surface area contributed by atoms with E-state index in [2.05, 4.69) is 10.3 Å². The molecule has 0 radical (unpaired) electrons. The number of carbonyl (C=O) groups excluding carboxylic acids is 2. The van der Waals surface area contributed by atoms with E-state index in [0.717, 1.165) is 23.4 Å². The molecule has 3 heterocycles. The summed E-state index contributed by atoms with van der Waals surface area (Å²) in [6.07, 6.45) is 1.02. The minimum absolute atomic E-state index is 0.0243. The van der Waals surface area contributed by atoms with E-state index in [1.807, 2.05) is 53.9 Å². The number of thiazole rings is 1. The van der Waals surface area contributed by atoms with Gasteiger partial charge in [0.15, 0.2) is 16.6 Å². The number of ether oxygens (including phenoxy) is 2. The highest BCUT2D eigenvalue weighted by Gasteiger charge is 2.34. The molecule has 1 N–H and O–H groups in total. The summed E-state index contributed by atoms with van der Waals surface area (Å²) >= 11 is 1.36. The van der Waals surface area contributed by atoms with Gasteiger partial charge < -0.3 is 19.7 Å². The van der Waals surface area contributed by atoms with Gasteiger partial charge in [-0.05, 0) is 30.2 Å². The highest BCUT2D eigenvalue weighted by molar-refractivity contribution is 7.14. The molecule has 31 heavy (non-hydrogen) atoms. The lowest BCUT2D eigenvalue weighted by molar-refractivity contribution is -0.128. The Hall–Kier alpha value is -3.39. The van der Waals surface area contributed by atoms with Gasteiger partial charge in [-0.3, -0.25) is 9.59 Å². The van der Waals surface area contributed by atoms with Crippen molar-refractivity contribution in [1.29, 1.82) is 0 Å². The molecule has 2 aromatic carbocycles. The van der Waals surface area contributed by atoms with Crippen molar-refractivity contribution >= 4 is 28.3 Å². The Bertz CT molecular complexity index is 1120. The number of amides is 2. The van der Waals surface area contributed by atoms with E-state index in [4.69, 9.17) is 9.47 Å². The molecule has 5 rings (SSSR count). The number of benzene rings is 2. The molecule has 2 aliphatic rings. The zero-order valence-corrected chi connectivity index (χ0v) is 17.6. The Morgan fingerprint density at radius 1 is 1.16 bits per heavy atom. The molecule has 0 aliphatic carbocycles. The quantitative estimate of drug-likeness (QED) is 0.640. The van der Waals surface area contributed by atoms with E-state index in [1.54, 1.807) is 4.90 Å². The summed E-state index contributed by atoms with van der Waals surface area (Å²) in [6, 6.07) is 15.7. The van der Waals surface area contributed by atoms with Crippen molar-refractivity contribution in [2.75, 3.05) is 25.2 Å². The van der Waals surface area contributed by atoms with Crippen LogP contribution in [-0.2, 0) is 16.0 Å². The lowest BCUT2D eigenvalue weighted by atomic mass is 10.1. The molecule has 1 saturated heterocycles. The van der Waals surface area contributed by atoms with Crippen molar-refractivity contribution in [3.8, 4) is 22.8 Å². The lowest BCUT2D eigenvalue weighted by Gasteiger charge is -2.16. The molecule has 2 aliphatic heterocycles. The maximum atomic E-state index is 12.7. The number of nitrogens with zero attached hydrogens (tertiary/aromatic N) is 2. The second-order valence-corrected chi connectivity index (χ2v) is 8.43. The SMILES string of the molecule is O=C(Nc1nc(-c2ccc3c(c2)OCO3)cs1)[C@H]1CC(=O)N(CCc2ccccc2)C1. The monoisotopic (exact) mass is 435 g/mol. The van der Waals surface area contributed by atoms with Crippen LogP contribution < -0.4 is 14.8 Å². The van der Waals surface area contributed by atoms with E-state index in [-0.39, 0.29) is 30.9 Å². The summed E-state index contributed by atoms with van der Waals surface area (Å²) in [7, 11) is 0. The third-order valence-electron chi connectivity index (χ3n) is 5.50. The van der Waals surface area contributed by atoms with Crippen LogP contribution >= 0.6 is 11.3 Å². The maximum absolute atomic E-state index is 12.7. The van der Waals surface area contributed by atoms with Gasteiger partial charge in [0.05, 0.1) is 11.6 Å². The predicted molar refractivity (Wildman–Crippen MR) is 117 cm³/mol. The average molecular weight is 436 g/mol. The van der Waals surface area contributed by atoms with Crippen molar-refractivity contribution < 1.29 is 19.1 Å². The van der Waals surface area contributed by atoms with Crippen molar-refractivity contribution in [2.24, 2.45) is 5.92 Å². The molecule has 0 spiro atoms. The standard InChI is InChI=1S/C23H21N3O4S/c27-21-11-17(12-26(21)9-8-15-4-2-1-3-5-15)22(28)25-23-24-18(13-31-23)16-6-7-19-20(10-16)30-14-29-19/h1-7,10,13,17H,8-9,11-12,14H2,(H,24,25,28)/t17-/m0/s1. The molecule has 0 saturated carbocycles. The summed E-state index contributed by atoms with van der Waals surface area (Å²) < 4.78 is 10.8. The van der Waals surface area contributed by atoms with Gasteiger partial charge in [-0.1, -0.05) is 30.3 Å². The second kappa shape index (κ2) is 8.39. The summed E-state index contributed by atoms with van der Waals surface area (Å²) in [5, 5.41) is 5.28. The number of nitrogens with one attached hydrogen (secondary N) is 1. The number of likely N-dealkylation sites (tertiary alicyclic amines) is 1. The smallest absolute Gasteiger partial charge is 0.231 e. The van der Waals surface area contributed by atoms with Crippen LogP contribution in [0.15, 0.2) is 53.9 Å². The van der Waals surface area contributed by atoms with E-state index >= 15 is 0 Å². The highest BCUT2D eigenvalue weighted by Crippen LogP contribution is 2.36. The molecular formula is C23H21N3O4S. The Balaban J connectivity index is 1.18. The average Bonchev–Trinajstić information content (AvgIpc) is 3.52. The zero-order valence-electron chi connectivity index (χ0n) is 16.7. The molecule has 3 aromatic rings. The molecule has 1 fully saturated rings. The topological polar surface area (TPSA) is 80.8 Å². The Morgan fingerprint density at radius 2 is 2.00 bits per heavy atom. The molecule has 1 aromatic heterocycles. The van der Waals surface area contributed by atoms with E-state index in [9.17, 15) is 9.59 Å². The second-order valence-electron chi connectivity index (χ2n) is 7.57. The van der Waals surface area contributed by atoms with E-state index in [0.29, 0.717) is 24.0 Å². The van der Waals surface area contributed by atoms with Gasteiger partial charge in [0.25, 0.3) is 0 Å². The zero-order chi connectivity index (χ0) is 21.2. The first-order valence-corrected chi connectivity index (χ1v) is 11.0. The lowest BCUT2D eigenvalue weighted by Crippen LogP contribution is -2.30. The van der Waals surface area contributed by atoms with Gasteiger partial charge in [0, 0.05) is 30.5 Å². The predicted octanol–water partition coefficient (Wildman–Crippen LogP) is 3.57. The molecule has 2 amide bonds. The Morgan fingerprint density at radius 3 is 2.87 bits per heavy atom. The van der Waals surface area contributed by atoms with Crippen LogP contribution in [0, 0.1) is 5.92 Å². The minimum Gasteiger partial charge on any atom is -0.454 e. The highest BCUT2D eigenvalue weighted by atomic mass is 32.1. The molecule has 8 heteroatoms. The van der Waals surface area contributed by atoms with Crippen LogP contribution in [0.5, 0.6) is 11.5 Å². The summed E-state index contributed by atoms with van der Waals surface area (Å²) in [5.41, 5.74) is 2.83. The molecule has 0 bridgehead atoms. The van der Waals surface area contributed by atoms with Gasteiger partial charge >= 0.3 is 0 Å². The van der Waals surface area contributed by atoms with Crippen LogP contribution in [0.2, 0.25) is 0 Å². The number of hydrogen-bond donors (Lipinski definition) is 1. The fourth-order valence-electron chi connectivity index (χ4n) is 3.80. The molecule has 0 unspecified atom stereocenters.